The fourth-order valence-corrected chi connectivity index (χ4v) is 1.77. The van der Waals surface area contributed by atoms with Gasteiger partial charge >= 0.3 is 5.97 Å². The molecule has 0 fully saturated rings. The van der Waals surface area contributed by atoms with Crippen molar-refractivity contribution in [3.8, 4) is 29.6 Å². The van der Waals surface area contributed by atoms with E-state index in [1.54, 1.807) is 12.1 Å². The maximum atomic E-state index is 11.4. The molecule has 108 valence electrons. The number of benzene rings is 1. The molecule has 0 aliphatic rings. The molecular weight excluding hydrogens is 262 g/mol. The van der Waals surface area contributed by atoms with Gasteiger partial charge in [0.05, 0.1) is 27.9 Å². The summed E-state index contributed by atoms with van der Waals surface area (Å²) in [6.45, 7) is 0.120. The van der Waals surface area contributed by atoms with Crippen molar-refractivity contribution >= 4 is 5.97 Å². The largest absolute Gasteiger partial charge is 0.496 e. The van der Waals surface area contributed by atoms with E-state index in [9.17, 15) is 9.90 Å². The lowest BCUT2D eigenvalue weighted by Crippen LogP contribution is -2.29. The first kappa shape index (κ1) is 15.7. The van der Waals surface area contributed by atoms with Gasteiger partial charge in [-0.3, -0.25) is 10.1 Å². The van der Waals surface area contributed by atoms with Crippen LogP contribution >= 0.6 is 0 Å². The Balaban J connectivity index is 3.32. The fourth-order valence-electron chi connectivity index (χ4n) is 1.77. The SMILES string of the molecule is C#CCNC(C(=O)O)c1cc(OC)c(OC)cc1OC. The molecule has 0 heterocycles. The minimum atomic E-state index is -1.06. The Hall–Kier alpha value is -2.39. The highest BCUT2D eigenvalue weighted by atomic mass is 16.5. The summed E-state index contributed by atoms with van der Waals surface area (Å²) in [5.74, 6) is 2.52. The molecule has 1 aromatic carbocycles. The standard InChI is InChI=1S/C14H17NO5/c1-5-6-15-13(14(16)17)9-7-11(19-3)12(20-4)8-10(9)18-2/h1,7-8,13,15H,6H2,2-4H3,(H,16,17). The normalized spacial score (nSPS) is 11.3. The highest BCUT2D eigenvalue weighted by Gasteiger charge is 2.25. The van der Waals surface area contributed by atoms with Gasteiger partial charge in [0.1, 0.15) is 11.8 Å². The van der Waals surface area contributed by atoms with Crippen LogP contribution in [0.25, 0.3) is 0 Å². The number of terminal acetylenes is 1. The van der Waals surface area contributed by atoms with Crippen LogP contribution < -0.4 is 19.5 Å². The predicted molar refractivity (Wildman–Crippen MR) is 73.3 cm³/mol. The Labute approximate surface area is 117 Å². The van der Waals surface area contributed by atoms with E-state index in [1.165, 1.54) is 21.3 Å². The van der Waals surface area contributed by atoms with E-state index in [0.29, 0.717) is 22.8 Å². The van der Waals surface area contributed by atoms with Gasteiger partial charge in [-0.1, -0.05) is 5.92 Å². The zero-order valence-corrected chi connectivity index (χ0v) is 11.6. The van der Waals surface area contributed by atoms with Crippen molar-refractivity contribution in [2.45, 2.75) is 6.04 Å². The fraction of sp³-hybridized carbons (Fsp3) is 0.357. The van der Waals surface area contributed by atoms with Gasteiger partial charge in [0.2, 0.25) is 0 Å². The van der Waals surface area contributed by atoms with Crippen molar-refractivity contribution in [2.24, 2.45) is 0 Å². The van der Waals surface area contributed by atoms with Crippen LogP contribution in [-0.4, -0.2) is 38.9 Å². The van der Waals surface area contributed by atoms with Crippen LogP contribution in [0.1, 0.15) is 11.6 Å². The van der Waals surface area contributed by atoms with E-state index < -0.39 is 12.0 Å². The number of ether oxygens (including phenoxy) is 3. The van der Waals surface area contributed by atoms with Crippen molar-refractivity contribution in [1.82, 2.24) is 5.32 Å². The lowest BCUT2D eigenvalue weighted by atomic mass is 10.0. The number of hydrogen-bond acceptors (Lipinski definition) is 5. The lowest BCUT2D eigenvalue weighted by molar-refractivity contribution is -0.139. The van der Waals surface area contributed by atoms with Gasteiger partial charge < -0.3 is 19.3 Å². The van der Waals surface area contributed by atoms with E-state index in [4.69, 9.17) is 20.6 Å². The molecule has 1 atom stereocenters. The molecule has 1 unspecified atom stereocenters. The molecule has 0 spiro atoms. The summed E-state index contributed by atoms with van der Waals surface area (Å²) in [6, 6.07) is 2.13. The molecule has 0 saturated heterocycles. The van der Waals surface area contributed by atoms with Gasteiger partial charge in [-0.2, -0.15) is 0 Å². The summed E-state index contributed by atoms with van der Waals surface area (Å²) in [5.41, 5.74) is 0.410. The average Bonchev–Trinajstić information content (AvgIpc) is 2.46. The van der Waals surface area contributed by atoms with Crippen molar-refractivity contribution in [1.29, 1.82) is 0 Å². The van der Waals surface area contributed by atoms with Gasteiger partial charge in [0.25, 0.3) is 0 Å². The van der Waals surface area contributed by atoms with Gasteiger partial charge in [-0.25, -0.2) is 0 Å². The Kier molecular flexibility index (Phi) is 5.69. The summed E-state index contributed by atoms with van der Waals surface area (Å²) in [7, 11) is 4.41. The molecule has 0 aliphatic heterocycles. The zero-order valence-electron chi connectivity index (χ0n) is 11.6. The molecule has 20 heavy (non-hydrogen) atoms. The van der Waals surface area contributed by atoms with Crippen LogP contribution in [0.2, 0.25) is 0 Å². The third-order valence-electron chi connectivity index (χ3n) is 2.70. The lowest BCUT2D eigenvalue weighted by Gasteiger charge is -2.19. The minimum absolute atomic E-state index is 0.120. The molecule has 0 aromatic heterocycles. The molecular formula is C14H17NO5. The van der Waals surface area contributed by atoms with Crippen molar-refractivity contribution in [3.05, 3.63) is 17.7 Å². The van der Waals surface area contributed by atoms with Crippen molar-refractivity contribution in [3.63, 3.8) is 0 Å². The summed E-state index contributed by atoms with van der Waals surface area (Å²) in [4.78, 5) is 11.4. The van der Waals surface area contributed by atoms with E-state index in [2.05, 4.69) is 11.2 Å². The highest BCUT2D eigenvalue weighted by molar-refractivity contribution is 5.77. The van der Waals surface area contributed by atoms with E-state index >= 15 is 0 Å². The molecule has 0 bridgehead atoms. The van der Waals surface area contributed by atoms with Crippen molar-refractivity contribution in [2.75, 3.05) is 27.9 Å². The van der Waals surface area contributed by atoms with Crippen LogP contribution in [0.3, 0.4) is 0 Å². The second-order valence-electron chi connectivity index (χ2n) is 3.81. The van der Waals surface area contributed by atoms with E-state index in [-0.39, 0.29) is 6.54 Å². The summed E-state index contributed by atoms with van der Waals surface area (Å²) < 4.78 is 15.5. The molecule has 6 nitrogen and oxygen atoms in total. The highest BCUT2D eigenvalue weighted by Crippen LogP contribution is 2.37. The topological polar surface area (TPSA) is 77.0 Å². The van der Waals surface area contributed by atoms with Crippen molar-refractivity contribution < 1.29 is 24.1 Å². The summed E-state index contributed by atoms with van der Waals surface area (Å²) >= 11 is 0. The summed E-state index contributed by atoms with van der Waals surface area (Å²) in [5, 5.41) is 12.0. The molecule has 1 aromatic rings. The number of aliphatic carboxylic acids is 1. The first-order chi connectivity index (χ1) is 9.58. The second-order valence-corrected chi connectivity index (χ2v) is 3.81. The third-order valence-corrected chi connectivity index (χ3v) is 2.70. The van der Waals surface area contributed by atoms with Gasteiger partial charge in [-0.15, -0.1) is 6.42 Å². The number of nitrogens with one attached hydrogen (secondary N) is 1. The molecule has 0 saturated carbocycles. The van der Waals surface area contributed by atoms with Crippen LogP contribution in [-0.2, 0) is 4.79 Å². The van der Waals surface area contributed by atoms with Gasteiger partial charge in [0, 0.05) is 11.6 Å². The average molecular weight is 279 g/mol. The molecule has 0 radical (unpaired) electrons. The first-order valence-corrected chi connectivity index (χ1v) is 5.78. The number of carboxylic acid groups (broad SMARTS) is 1. The Bertz CT molecular complexity index is 521. The van der Waals surface area contributed by atoms with E-state index in [1.807, 2.05) is 0 Å². The maximum Gasteiger partial charge on any atom is 0.325 e. The van der Waals surface area contributed by atoms with Crippen LogP contribution in [0.15, 0.2) is 12.1 Å². The molecule has 6 heteroatoms. The van der Waals surface area contributed by atoms with Crippen LogP contribution in [0.4, 0.5) is 0 Å². The molecule has 1 rings (SSSR count). The number of hydrogen-bond donors (Lipinski definition) is 2. The molecule has 0 aliphatic carbocycles. The van der Waals surface area contributed by atoms with Gasteiger partial charge in [0.15, 0.2) is 11.5 Å². The number of carboxylic acids is 1. The Morgan fingerprint density at radius 3 is 2.25 bits per heavy atom. The number of methoxy groups -OCH3 is 3. The van der Waals surface area contributed by atoms with Gasteiger partial charge in [-0.05, 0) is 6.07 Å². The number of rotatable bonds is 7. The zero-order chi connectivity index (χ0) is 15.1. The van der Waals surface area contributed by atoms with Crippen LogP contribution in [0.5, 0.6) is 17.2 Å². The predicted octanol–water partition coefficient (Wildman–Crippen LogP) is 1.06. The Morgan fingerprint density at radius 1 is 1.25 bits per heavy atom. The minimum Gasteiger partial charge on any atom is -0.496 e. The summed E-state index contributed by atoms with van der Waals surface area (Å²) in [6.07, 6.45) is 5.15. The van der Waals surface area contributed by atoms with E-state index in [0.717, 1.165) is 0 Å². The molecule has 2 N–H and O–H groups in total. The molecule has 0 amide bonds. The first-order valence-electron chi connectivity index (χ1n) is 5.78. The number of carbonyl (C=O) groups is 1. The second kappa shape index (κ2) is 7.26. The third kappa shape index (κ3) is 3.33. The monoisotopic (exact) mass is 279 g/mol. The smallest absolute Gasteiger partial charge is 0.325 e. The van der Waals surface area contributed by atoms with Crippen LogP contribution in [0, 0.1) is 12.3 Å². The quantitative estimate of drug-likeness (QED) is 0.727. The Morgan fingerprint density at radius 2 is 1.80 bits per heavy atom. The maximum absolute atomic E-state index is 11.4.